The van der Waals surface area contributed by atoms with Gasteiger partial charge in [-0.1, -0.05) is 15.9 Å². The van der Waals surface area contributed by atoms with E-state index in [1.807, 2.05) is 32.9 Å². The van der Waals surface area contributed by atoms with Crippen molar-refractivity contribution in [2.75, 3.05) is 19.6 Å². The number of nitrogens with one attached hydrogen (secondary N) is 1. The third-order valence-corrected chi connectivity index (χ3v) is 3.67. The SMILES string of the molecule is CCNC(=O)CN(CC)C(=O)c1ccc(Br)c(C)c1. The Balaban J connectivity index is 2.83. The van der Waals surface area contributed by atoms with Gasteiger partial charge in [0.2, 0.25) is 5.91 Å². The van der Waals surface area contributed by atoms with Crippen molar-refractivity contribution in [3.05, 3.63) is 33.8 Å². The van der Waals surface area contributed by atoms with Crippen LogP contribution in [0.2, 0.25) is 0 Å². The summed E-state index contributed by atoms with van der Waals surface area (Å²) >= 11 is 3.40. The molecule has 0 heterocycles. The van der Waals surface area contributed by atoms with Gasteiger partial charge in [-0.2, -0.15) is 0 Å². The Morgan fingerprint density at radius 1 is 1.32 bits per heavy atom. The summed E-state index contributed by atoms with van der Waals surface area (Å²) in [6.07, 6.45) is 0. The van der Waals surface area contributed by atoms with E-state index in [-0.39, 0.29) is 18.4 Å². The van der Waals surface area contributed by atoms with Crippen molar-refractivity contribution >= 4 is 27.7 Å². The van der Waals surface area contributed by atoms with Gasteiger partial charge in [0.25, 0.3) is 5.91 Å². The molecule has 2 amide bonds. The second-order valence-corrected chi connectivity index (χ2v) is 5.09. The zero-order chi connectivity index (χ0) is 14.4. The smallest absolute Gasteiger partial charge is 0.254 e. The first-order chi connectivity index (χ1) is 8.99. The summed E-state index contributed by atoms with van der Waals surface area (Å²) in [5.41, 5.74) is 1.60. The molecule has 1 aromatic rings. The number of halogens is 1. The minimum atomic E-state index is -0.133. The van der Waals surface area contributed by atoms with Crippen molar-refractivity contribution < 1.29 is 9.59 Å². The molecule has 1 aromatic carbocycles. The fourth-order valence-electron chi connectivity index (χ4n) is 1.71. The molecule has 4 nitrogen and oxygen atoms in total. The van der Waals surface area contributed by atoms with E-state index >= 15 is 0 Å². The first-order valence-electron chi connectivity index (χ1n) is 6.31. The molecule has 0 saturated heterocycles. The molecule has 0 radical (unpaired) electrons. The summed E-state index contributed by atoms with van der Waals surface area (Å²) in [5.74, 6) is -0.254. The fraction of sp³-hybridized carbons (Fsp3) is 0.429. The van der Waals surface area contributed by atoms with Crippen LogP contribution < -0.4 is 5.32 Å². The van der Waals surface area contributed by atoms with E-state index in [1.165, 1.54) is 4.90 Å². The normalized spacial score (nSPS) is 10.1. The van der Waals surface area contributed by atoms with Gasteiger partial charge in [-0.05, 0) is 44.5 Å². The van der Waals surface area contributed by atoms with Crippen molar-refractivity contribution in [2.45, 2.75) is 20.8 Å². The van der Waals surface area contributed by atoms with Crippen molar-refractivity contribution in [3.8, 4) is 0 Å². The maximum atomic E-state index is 12.3. The van der Waals surface area contributed by atoms with E-state index in [1.54, 1.807) is 6.07 Å². The number of likely N-dealkylation sites (N-methyl/N-ethyl adjacent to an activating group) is 2. The van der Waals surface area contributed by atoms with Crippen LogP contribution in [-0.4, -0.2) is 36.3 Å². The van der Waals surface area contributed by atoms with Gasteiger partial charge in [-0.25, -0.2) is 0 Å². The molecule has 19 heavy (non-hydrogen) atoms. The molecule has 0 aliphatic carbocycles. The molecule has 5 heteroatoms. The average molecular weight is 327 g/mol. The van der Waals surface area contributed by atoms with Crippen LogP contribution in [0.15, 0.2) is 22.7 Å². The number of rotatable bonds is 5. The number of nitrogens with zero attached hydrogens (tertiary/aromatic N) is 1. The van der Waals surface area contributed by atoms with E-state index in [9.17, 15) is 9.59 Å². The Labute approximate surface area is 122 Å². The molecule has 0 bridgehead atoms. The summed E-state index contributed by atoms with van der Waals surface area (Å²) in [6.45, 7) is 6.82. The van der Waals surface area contributed by atoms with Crippen LogP contribution in [0.1, 0.15) is 29.8 Å². The van der Waals surface area contributed by atoms with Gasteiger partial charge < -0.3 is 10.2 Å². The molecule has 1 N–H and O–H groups in total. The van der Waals surface area contributed by atoms with Crippen LogP contribution in [0, 0.1) is 6.92 Å². The highest BCUT2D eigenvalue weighted by Gasteiger charge is 2.17. The predicted molar refractivity (Wildman–Crippen MR) is 79.1 cm³/mol. The Morgan fingerprint density at radius 2 is 2.00 bits per heavy atom. The molecule has 0 aliphatic rings. The zero-order valence-electron chi connectivity index (χ0n) is 11.5. The predicted octanol–water partition coefficient (Wildman–Crippen LogP) is 2.36. The van der Waals surface area contributed by atoms with Crippen LogP contribution in [-0.2, 0) is 4.79 Å². The fourth-order valence-corrected chi connectivity index (χ4v) is 1.96. The van der Waals surface area contributed by atoms with Gasteiger partial charge >= 0.3 is 0 Å². The molecule has 0 atom stereocenters. The topological polar surface area (TPSA) is 49.4 Å². The lowest BCUT2D eigenvalue weighted by Gasteiger charge is -2.20. The van der Waals surface area contributed by atoms with Crippen molar-refractivity contribution in [3.63, 3.8) is 0 Å². The number of benzene rings is 1. The Kier molecular flexibility index (Phi) is 6.02. The van der Waals surface area contributed by atoms with E-state index in [2.05, 4.69) is 21.2 Å². The maximum absolute atomic E-state index is 12.3. The largest absolute Gasteiger partial charge is 0.355 e. The van der Waals surface area contributed by atoms with Crippen LogP contribution in [0.5, 0.6) is 0 Å². The van der Waals surface area contributed by atoms with Gasteiger partial charge in [0, 0.05) is 23.1 Å². The summed E-state index contributed by atoms with van der Waals surface area (Å²) in [4.78, 5) is 25.4. The minimum absolute atomic E-state index is 0.0955. The third-order valence-electron chi connectivity index (χ3n) is 2.78. The first-order valence-corrected chi connectivity index (χ1v) is 7.11. The number of carbonyl (C=O) groups is 2. The highest BCUT2D eigenvalue weighted by Crippen LogP contribution is 2.18. The molecule has 1 rings (SSSR count). The lowest BCUT2D eigenvalue weighted by molar-refractivity contribution is -0.121. The van der Waals surface area contributed by atoms with Crippen LogP contribution in [0.4, 0.5) is 0 Å². The second-order valence-electron chi connectivity index (χ2n) is 4.24. The highest BCUT2D eigenvalue weighted by atomic mass is 79.9. The molecule has 0 unspecified atom stereocenters. The molecule has 0 aromatic heterocycles. The van der Waals surface area contributed by atoms with Crippen LogP contribution in [0.3, 0.4) is 0 Å². The summed E-state index contributed by atoms with van der Waals surface area (Å²) in [7, 11) is 0. The van der Waals surface area contributed by atoms with E-state index < -0.39 is 0 Å². The summed E-state index contributed by atoms with van der Waals surface area (Å²) in [6, 6.07) is 5.44. The second kappa shape index (κ2) is 7.28. The summed E-state index contributed by atoms with van der Waals surface area (Å²) < 4.78 is 0.968. The number of aryl methyl sites for hydroxylation is 1. The molecular weight excluding hydrogens is 308 g/mol. The highest BCUT2D eigenvalue weighted by molar-refractivity contribution is 9.10. The number of carbonyl (C=O) groups excluding carboxylic acids is 2. The Hall–Kier alpha value is -1.36. The zero-order valence-corrected chi connectivity index (χ0v) is 13.1. The number of hydrogen-bond acceptors (Lipinski definition) is 2. The number of hydrogen-bond donors (Lipinski definition) is 1. The molecule has 0 fully saturated rings. The number of amides is 2. The average Bonchev–Trinajstić information content (AvgIpc) is 2.38. The van der Waals surface area contributed by atoms with Crippen molar-refractivity contribution in [1.82, 2.24) is 10.2 Å². The van der Waals surface area contributed by atoms with E-state index in [0.29, 0.717) is 18.7 Å². The van der Waals surface area contributed by atoms with Gasteiger partial charge in [0.1, 0.15) is 0 Å². The molecule has 0 spiro atoms. The lowest BCUT2D eigenvalue weighted by atomic mass is 10.1. The quantitative estimate of drug-likeness (QED) is 0.903. The third kappa shape index (κ3) is 4.35. The van der Waals surface area contributed by atoms with E-state index in [4.69, 9.17) is 0 Å². The van der Waals surface area contributed by atoms with Gasteiger partial charge in [-0.15, -0.1) is 0 Å². The van der Waals surface area contributed by atoms with Gasteiger partial charge in [-0.3, -0.25) is 9.59 Å². The maximum Gasteiger partial charge on any atom is 0.254 e. The molecule has 104 valence electrons. The van der Waals surface area contributed by atoms with Crippen molar-refractivity contribution in [2.24, 2.45) is 0 Å². The lowest BCUT2D eigenvalue weighted by Crippen LogP contribution is -2.40. The van der Waals surface area contributed by atoms with Crippen molar-refractivity contribution in [1.29, 1.82) is 0 Å². The Morgan fingerprint density at radius 3 is 2.53 bits per heavy atom. The Bertz CT molecular complexity index is 475. The standard InChI is InChI=1S/C14H19BrN2O2/c1-4-16-13(18)9-17(5-2)14(19)11-6-7-12(15)10(3)8-11/h6-8H,4-5,9H2,1-3H3,(H,16,18). The monoisotopic (exact) mass is 326 g/mol. The van der Waals surface area contributed by atoms with Crippen LogP contribution >= 0.6 is 15.9 Å². The van der Waals surface area contributed by atoms with Crippen LogP contribution in [0.25, 0.3) is 0 Å². The molecular formula is C14H19BrN2O2. The minimum Gasteiger partial charge on any atom is -0.355 e. The summed E-state index contributed by atoms with van der Waals surface area (Å²) in [5, 5.41) is 2.70. The van der Waals surface area contributed by atoms with Gasteiger partial charge in [0.15, 0.2) is 0 Å². The van der Waals surface area contributed by atoms with Gasteiger partial charge in [0.05, 0.1) is 6.54 Å². The first kappa shape index (κ1) is 15.7. The molecule has 0 aliphatic heterocycles. The van der Waals surface area contributed by atoms with E-state index in [0.717, 1.165) is 10.0 Å². The molecule has 0 saturated carbocycles.